The number of anilines is 1. The summed E-state index contributed by atoms with van der Waals surface area (Å²) < 4.78 is 1.48. The summed E-state index contributed by atoms with van der Waals surface area (Å²) in [4.78, 5) is 18.1. The number of nitrogens with one attached hydrogen (secondary N) is 1. The summed E-state index contributed by atoms with van der Waals surface area (Å²) in [6.45, 7) is 5.37. The Morgan fingerprint density at radius 3 is 3.00 bits per heavy atom. The quantitative estimate of drug-likeness (QED) is 0.868. The number of fused-ring (bicyclic) bond motifs is 1. The van der Waals surface area contributed by atoms with Crippen LogP contribution in [-0.4, -0.2) is 49.7 Å². The topological polar surface area (TPSA) is 75.4 Å². The number of hydrogen-bond acceptors (Lipinski definition) is 5. The van der Waals surface area contributed by atoms with E-state index in [4.69, 9.17) is 0 Å². The van der Waals surface area contributed by atoms with E-state index >= 15 is 0 Å². The lowest BCUT2D eigenvalue weighted by atomic mass is 10.2. The van der Waals surface area contributed by atoms with E-state index in [1.54, 1.807) is 0 Å². The third kappa shape index (κ3) is 2.11. The smallest absolute Gasteiger partial charge is 0.245 e. The molecule has 100 valence electrons. The van der Waals surface area contributed by atoms with Crippen molar-refractivity contribution >= 4 is 17.4 Å². The van der Waals surface area contributed by atoms with Crippen LogP contribution in [-0.2, 0) is 4.79 Å². The number of hydrogen-bond donors (Lipinski definition) is 1. The third-order valence-corrected chi connectivity index (χ3v) is 3.31. The largest absolute Gasteiger partial charge is 0.357 e. The number of nitrogens with zero attached hydrogens (tertiary/aromatic N) is 5. The molecule has 0 spiro atoms. The summed E-state index contributed by atoms with van der Waals surface area (Å²) in [5.41, 5.74) is 0.705. The van der Waals surface area contributed by atoms with Crippen LogP contribution < -0.4 is 5.32 Å². The predicted octanol–water partition coefficient (Wildman–Crippen LogP) is 0.465. The molecule has 2 aromatic rings. The van der Waals surface area contributed by atoms with Gasteiger partial charge in [-0.25, -0.2) is 4.98 Å². The molecule has 1 amide bonds. The van der Waals surface area contributed by atoms with Crippen molar-refractivity contribution in [2.24, 2.45) is 0 Å². The van der Waals surface area contributed by atoms with Crippen LogP contribution in [0.1, 0.15) is 19.2 Å². The van der Waals surface area contributed by atoms with E-state index in [9.17, 15) is 4.79 Å². The molecule has 0 bridgehead atoms. The van der Waals surface area contributed by atoms with Gasteiger partial charge in [0.05, 0.1) is 0 Å². The van der Waals surface area contributed by atoms with Gasteiger partial charge >= 0.3 is 0 Å². The van der Waals surface area contributed by atoms with Gasteiger partial charge in [-0.05, 0) is 32.4 Å². The molecule has 3 rings (SSSR count). The van der Waals surface area contributed by atoms with Gasteiger partial charge in [-0.3, -0.25) is 4.79 Å². The number of likely N-dealkylation sites (tertiary alicyclic amines) is 1. The van der Waals surface area contributed by atoms with Gasteiger partial charge in [-0.2, -0.15) is 0 Å². The fraction of sp³-hybridized carbons (Fsp3) is 0.500. The highest BCUT2D eigenvalue weighted by Crippen LogP contribution is 2.15. The number of aromatic nitrogens is 4. The molecule has 0 saturated carbocycles. The number of aryl methyl sites for hydroxylation is 1. The normalized spacial score (nSPS) is 19.4. The molecule has 19 heavy (non-hydrogen) atoms. The first-order chi connectivity index (χ1) is 9.17. The van der Waals surface area contributed by atoms with E-state index in [2.05, 4.69) is 20.5 Å². The Labute approximate surface area is 110 Å². The summed E-state index contributed by atoms with van der Waals surface area (Å²) in [6, 6.07) is 3.48. The summed E-state index contributed by atoms with van der Waals surface area (Å²) >= 11 is 0. The second-order valence-electron chi connectivity index (χ2n) is 4.63. The first-order valence-corrected chi connectivity index (χ1v) is 6.43. The first kappa shape index (κ1) is 11.9. The molecule has 1 saturated heterocycles. The Kier molecular flexibility index (Phi) is 2.81. The second kappa shape index (κ2) is 4.49. The van der Waals surface area contributed by atoms with Crippen LogP contribution in [0.3, 0.4) is 0 Å². The van der Waals surface area contributed by atoms with Crippen molar-refractivity contribution in [3.8, 4) is 0 Å². The minimum absolute atomic E-state index is 0.138. The number of carbonyl (C=O) groups is 1. The summed E-state index contributed by atoms with van der Waals surface area (Å²) in [5, 5.41) is 11.6. The van der Waals surface area contributed by atoms with E-state index in [1.807, 2.05) is 30.9 Å². The molecule has 1 N–H and O–H groups in total. The fourth-order valence-electron chi connectivity index (χ4n) is 2.33. The van der Waals surface area contributed by atoms with Gasteiger partial charge in [0.2, 0.25) is 5.91 Å². The number of carbonyl (C=O) groups excluding carboxylic acids is 1. The van der Waals surface area contributed by atoms with Gasteiger partial charge < -0.3 is 10.2 Å². The summed E-state index contributed by atoms with van der Waals surface area (Å²) in [5.74, 6) is 1.46. The Morgan fingerprint density at radius 2 is 2.26 bits per heavy atom. The monoisotopic (exact) mass is 260 g/mol. The second-order valence-corrected chi connectivity index (χ2v) is 4.63. The molecule has 0 aromatic carbocycles. The van der Waals surface area contributed by atoms with Gasteiger partial charge in [-0.15, -0.1) is 14.8 Å². The van der Waals surface area contributed by atoms with Gasteiger partial charge in [0.15, 0.2) is 5.65 Å². The van der Waals surface area contributed by atoms with Crippen molar-refractivity contribution in [1.82, 2.24) is 24.7 Å². The van der Waals surface area contributed by atoms with E-state index in [-0.39, 0.29) is 11.9 Å². The van der Waals surface area contributed by atoms with Crippen molar-refractivity contribution < 1.29 is 4.79 Å². The van der Waals surface area contributed by atoms with Crippen LogP contribution in [0.15, 0.2) is 12.1 Å². The average molecular weight is 260 g/mol. The zero-order chi connectivity index (χ0) is 13.4. The summed E-state index contributed by atoms with van der Waals surface area (Å²) in [6.07, 6.45) is 0.808. The zero-order valence-electron chi connectivity index (χ0n) is 11.0. The van der Waals surface area contributed by atoms with Crippen molar-refractivity contribution in [1.29, 1.82) is 0 Å². The molecule has 1 atom stereocenters. The SMILES string of the molecule is CCN1CCC(Nc2ccc3nc(C)nn3n2)C1=O. The molecule has 7 heteroatoms. The maximum Gasteiger partial charge on any atom is 0.245 e. The Morgan fingerprint density at radius 1 is 1.42 bits per heavy atom. The third-order valence-electron chi connectivity index (χ3n) is 3.31. The predicted molar refractivity (Wildman–Crippen MR) is 69.8 cm³/mol. The highest BCUT2D eigenvalue weighted by Gasteiger charge is 2.30. The van der Waals surface area contributed by atoms with Gasteiger partial charge in [0.1, 0.15) is 17.7 Å². The highest BCUT2D eigenvalue weighted by molar-refractivity contribution is 5.86. The highest BCUT2D eigenvalue weighted by atomic mass is 16.2. The number of likely N-dealkylation sites (N-methyl/N-ethyl adjacent to an activating group) is 1. The molecule has 3 heterocycles. The molecule has 0 radical (unpaired) electrons. The molecule has 0 aliphatic carbocycles. The lowest BCUT2D eigenvalue weighted by Gasteiger charge is -2.14. The van der Waals surface area contributed by atoms with Gasteiger partial charge in [0.25, 0.3) is 0 Å². The van der Waals surface area contributed by atoms with E-state index in [0.29, 0.717) is 17.3 Å². The lowest BCUT2D eigenvalue weighted by molar-refractivity contribution is -0.128. The van der Waals surface area contributed by atoms with Crippen LogP contribution in [0.2, 0.25) is 0 Å². The molecule has 1 unspecified atom stereocenters. The van der Waals surface area contributed by atoms with Crippen LogP contribution in [0, 0.1) is 6.92 Å². The minimum atomic E-state index is -0.186. The van der Waals surface area contributed by atoms with Crippen LogP contribution in [0.4, 0.5) is 5.82 Å². The van der Waals surface area contributed by atoms with Crippen molar-refractivity contribution in [3.63, 3.8) is 0 Å². The van der Waals surface area contributed by atoms with Crippen molar-refractivity contribution in [2.75, 3.05) is 18.4 Å². The Balaban J connectivity index is 1.80. The van der Waals surface area contributed by atoms with Crippen LogP contribution in [0.5, 0.6) is 0 Å². The number of rotatable bonds is 3. The number of amides is 1. The van der Waals surface area contributed by atoms with Gasteiger partial charge in [-0.1, -0.05) is 0 Å². The Bertz CT molecular complexity index is 622. The van der Waals surface area contributed by atoms with Crippen molar-refractivity contribution in [2.45, 2.75) is 26.3 Å². The molecule has 1 aliphatic heterocycles. The van der Waals surface area contributed by atoms with E-state index in [0.717, 1.165) is 19.5 Å². The van der Waals surface area contributed by atoms with Crippen LogP contribution in [0.25, 0.3) is 5.65 Å². The van der Waals surface area contributed by atoms with Gasteiger partial charge in [0, 0.05) is 13.1 Å². The van der Waals surface area contributed by atoms with E-state index in [1.165, 1.54) is 4.63 Å². The van der Waals surface area contributed by atoms with Crippen LogP contribution >= 0.6 is 0 Å². The average Bonchev–Trinajstić information content (AvgIpc) is 2.92. The summed E-state index contributed by atoms with van der Waals surface area (Å²) in [7, 11) is 0. The maximum absolute atomic E-state index is 12.0. The molecule has 7 nitrogen and oxygen atoms in total. The zero-order valence-corrected chi connectivity index (χ0v) is 11.0. The minimum Gasteiger partial charge on any atom is -0.357 e. The molecule has 1 aliphatic rings. The molecule has 2 aromatic heterocycles. The fourth-order valence-corrected chi connectivity index (χ4v) is 2.33. The maximum atomic E-state index is 12.0. The van der Waals surface area contributed by atoms with Crippen molar-refractivity contribution in [3.05, 3.63) is 18.0 Å². The molecule has 1 fully saturated rings. The molecular formula is C12H16N6O. The Hall–Kier alpha value is -2.18. The first-order valence-electron chi connectivity index (χ1n) is 6.43. The lowest BCUT2D eigenvalue weighted by Crippen LogP contribution is -2.33. The van der Waals surface area contributed by atoms with E-state index < -0.39 is 0 Å². The molecular weight excluding hydrogens is 244 g/mol. The standard InChI is InChI=1S/C12H16N6O/c1-3-17-7-6-9(12(17)19)14-10-4-5-11-13-8(2)15-18(11)16-10/h4-5,9H,3,6-7H2,1-2H3,(H,14,16).